The fraction of sp³-hybridized carbons (Fsp3) is 1.00. The van der Waals surface area contributed by atoms with Gasteiger partial charge in [-0.3, -0.25) is 0 Å². The molecule has 0 aliphatic carbocycles. The molecule has 4 nitrogen and oxygen atoms in total. The molecule has 0 unspecified atom stereocenters. The van der Waals surface area contributed by atoms with E-state index in [1.807, 2.05) is 0 Å². The Balaban J connectivity index is 3.76. The lowest BCUT2D eigenvalue weighted by Crippen LogP contribution is -2.38. The number of aliphatic hydroxyl groups excluding tert-OH is 1. The van der Waals surface area contributed by atoms with E-state index in [4.69, 9.17) is 0 Å². The van der Waals surface area contributed by atoms with Gasteiger partial charge < -0.3 is 5.11 Å². The van der Waals surface area contributed by atoms with Gasteiger partial charge in [0.05, 0.1) is 12.4 Å². The molecule has 0 aromatic rings. The van der Waals surface area contributed by atoms with Gasteiger partial charge in [0.2, 0.25) is 10.0 Å². The summed E-state index contributed by atoms with van der Waals surface area (Å²) in [5.41, 5.74) is 0. The molecule has 0 spiro atoms. The summed E-state index contributed by atoms with van der Waals surface area (Å²) < 4.78 is 26.7. The number of rotatable bonds is 17. The number of hydrogen-bond acceptors (Lipinski definition) is 3. The van der Waals surface area contributed by atoms with Crippen LogP contribution in [0.15, 0.2) is 0 Å². The van der Waals surface area contributed by atoms with Crippen LogP contribution in [0.1, 0.15) is 97.3 Å². The molecule has 0 bridgehead atoms. The number of sulfonamides is 1. The fourth-order valence-electron chi connectivity index (χ4n) is 2.74. The van der Waals surface area contributed by atoms with Crippen molar-refractivity contribution in [1.82, 2.24) is 4.72 Å². The lowest BCUT2D eigenvalue weighted by atomic mass is 10.1. The van der Waals surface area contributed by atoms with E-state index in [2.05, 4.69) is 18.6 Å². The number of nitrogens with one attached hydrogen (secondary N) is 1. The van der Waals surface area contributed by atoms with Crippen molar-refractivity contribution in [2.24, 2.45) is 0 Å². The van der Waals surface area contributed by atoms with Gasteiger partial charge in [-0.1, -0.05) is 84.5 Å². The largest absolute Gasteiger partial charge is 0.395 e. The minimum Gasteiger partial charge on any atom is -0.395 e. The van der Waals surface area contributed by atoms with Crippen molar-refractivity contribution in [3.05, 3.63) is 0 Å². The summed E-state index contributed by atoms with van der Waals surface area (Å²) in [5, 5.41) is 9.33. The van der Waals surface area contributed by atoms with Crippen LogP contribution in [-0.2, 0) is 10.0 Å². The molecular formula is C18H39NO3S. The summed E-state index contributed by atoms with van der Waals surface area (Å²) in [4.78, 5) is 0. The first-order valence-corrected chi connectivity index (χ1v) is 11.3. The van der Waals surface area contributed by atoms with Crippen LogP contribution >= 0.6 is 0 Å². The van der Waals surface area contributed by atoms with Crippen LogP contribution in [0.3, 0.4) is 0 Å². The van der Waals surface area contributed by atoms with E-state index in [1.54, 1.807) is 0 Å². The molecule has 0 heterocycles. The quantitative estimate of drug-likeness (QED) is 0.383. The minimum absolute atomic E-state index is 0.108. The van der Waals surface area contributed by atoms with Gasteiger partial charge in [0.15, 0.2) is 0 Å². The summed E-state index contributed by atoms with van der Waals surface area (Å²) in [5.74, 6) is 0.188. The monoisotopic (exact) mass is 349 g/mol. The van der Waals surface area contributed by atoms with Crippen LogP contribution in [0.25, 0.3) is 0 Å². The maximum atomic E-state index is 12.0. The van der Waals surface area contributed by atoms with Gasteiger partial charge in [0.1, 0.15) is 0 Å². The lowest BCUT2D eigenvalue weighted by Gasteiger charge is -2.16. The van der Waals surface area contributed by atoms with Crippen LogP contribution in [0.2, 0.25) is 0 Å². The zero-order valence-electron chi connectivity index (χ0n) is 15.4. The summed E-state index contributed by atoms with van der Waals surface area (Å²) in [7, 11) is -3.25. The predicted molar refractivity (Wildman–Crippen MR) is 99.2 cm³/mol. The molecule has 1 atom stereocenters. The van der Waals surface area contributed by atoms with Crippen molar-refractivity contribution in [2.45, 2.75) is 103 Å². The van der Waals surface area contributed by atoms with Crippen molar-refractivity contribution in [3.8, 4) is 0 Å². The SMILES string of the molecule is CCCCCCCCCCS(=O)(=O)N[C@H](CO)CCCCCC. The van der Waals surface area contributed by atoms with Crippen molar-refractivity contribution in [1.29, 1.82) is 0 Å². The van der Waals surface area contributed by atoms with Gasteiger partial charge in [0, 0.05) is 6.04 Å². The molecule has 0 amide bonds. The number of hydrogen-bond donors (Lipinski definition) is 2. The first-order chi connectivity index (χ1) is 11.1. The highest BCUT2D eigenvalue weighted by Crippen LogP contribution is 2.10. The Kier molecular flexibility index (Phi) is 15.3. The van der Waals surface area contributed by atoms with E-state index >= 15 is 0 Å². The molecule has 2 N–H and O–H groups in total. The zero-order chi connectivity index (χ0) is 17.4. The summed E-state index contributed by atoms with van der Waals surface area (Å²) >= 11 is 0. The van der Waals surface area contributed by atoms with Gasteiger partial charge in [-0.15, -0.1) is 0 Å². The fourth-order valence-corrected chi connectivity index (χ4v) is 4.15. The van der Waals surface area contributed by atoms with E-state index in [1.165, 1.54) is 38.5 Å². The molecule has 0 rings (SSSR count). The van der Waals surface area contributed by atoms with E-state index in [9.17, 15) is 13.5 Å². The first kappa shape index (κ1) is 22.9. The highest BCUT2D eigenvalue weighted by Gasteiger charge is 2.16. The molecule has 0 fully saturated rings. The van der Waals surface area contributed by atoms with Crippen LogP contribution in [0.5, 0.6) is 0 Å². The Morgan fingerprint density at radius 3 is 1.78 bits per heavy atom. The molecular weight excluding hydrogens is 310 g/mol. The van der Waals surface area contributed by atoms with Crippen molar-refractivity contribution in [3.63, 3.8) is 0 Å². The van der Waals surface area contributed by atoms with Crippen LogP contribution in [-0.4, -0.2) is 31.9 Å². The van der Waals surface area contributed by atoms with Gasteiger partial charge in [-0.05, 0) is 12.8 Å². The number of aliphatic hydroxyl groups is 1. The van der Waals surface area contributed by atoms with Crippen LogP contribution in [0, 0.1) is 0 Å². The molecule has 0 aromatic carbocycles. The molecule has 0 radical (unpaired) electrons. The first-order valence-electron chi connectivity index (χ1n) is 9.66. The van der Waals surface area contributed by atoms with E-state index in [-0.39, 0.29) is 18.4 Å². The van der Waals surface area contributed by atoms with Crippen LogP contribution < -0.4 is 4.72 Å². The smallest absolute Gasteiger partial charge is 0.211 e. The van der Waals surface area contributed by atoms with E-state index in [0.717, 1.165) is 44.9 Å². The summed E-state index contributed by atoms with van der Waals surface area (Å²) in [6.07, 6.45) is 14.3. The van der Waals surface area contributed by atoms with Crippen LogP contribution in [0.4, 0.5) is 0 Å². The highest BCUT2D eigenvalue weighted by molar-refractivity contribution is 7.89. The van der Waals surface area contributed by atoms with Gasteiger partial charge in [0.25, 0.3) is 0 Å². The molecule has 0 aromatic heterocycles. The second-order valence-electron chi connectivity index (χ2n) is 6.64. The Morgan fingerprint density at radius 2 is 1.26 bits per heavy atom. The third-order valence-electron chi connectivity index (χ3n) is 4.24. The molecule has 5 heteroatoms. The van der Waals surface area contributed by atoms with E-state index in [0.29, 0.717) is 0 Å². The number of unbranched alkanes of at least 4 members (excludes halogenated alkanes) is 10. The molecule has 23 heavy (non-hydrogen) atoms. The maximum absolute atomic E-state index is 12.0. The third kappa shape index (κ3) is 15.2. The highest BCUT2D eigenvalue weighted by atomic mass is 32.2. The standard InChI is InChI=1S/C18H39NO3S/c1-3-5-7-9-10-11-12-14-16-23(21,22)19-18(17-20)15-13-8-6-4-2/h18-20H,3-17H2,1-2H3/t18-/m0/s1. The molecule has 0 aliphatic rings. The maximum Gasteiger partial charge on any atom is 0.211 e. The van der Waals surface area contributed by atoms with Gasteiger partial charge in [-0.2, -0.15) is 0 Å². The average molecular weight is 350 g/mol. The van der Waals surface area contributed by atoms with Crippen molar-refractivity contribution < 1.29 is 13.5 Å². The van der Waals surface area contributed by atoms with E-state index < -0.39 is 10.0 Å². The molecule has 0 saturated heterocycles. The third-order valence-corrected chi connectivity index (χ3v) is 5.76. The Hall–Kier alpha value is -0.130. The van der Waals surface area contributed by atoms with Gasteiger partial charge in [-0.25, -0.2) is 13.1 Å². The Bertz CT molecular complexity index is 344. The lowest BCUT2D eigenvalue weighted by molar-refractivity contribution is 0.247. The topological polar surface area (TPSA) is 66.4 Å². The Morgan fingerprint density at radius 1 is 0.783 bits per heavy atom. The summed E-state index contributed by atoms with van der Waals surface area (Å²) in [6, 6.07) is -0.314. The second kappa shape index (κ2) is 15.4. The molecule has 0 saturated carbocycles. The Labute approximate surface area is 144 Å². The average Bonchev–Trinajstić information content (AvgIpc) is 2.52. The summed E-state index contributed by atoms with van der Waals surface area (Å²) in [6.45, 7) is 4.25. The van der Waals surface area contributed by atoms with Crippen molar-refractivity contribution in [2.75, 3.05) is 12.4 Å². The second-order valence-corrected chi connectivity index (χ2v) is 8.51. The van der Waals surface area contributed by atoms with Crippen molar-refractivity contribution >= 4 is 10.0 Å². The zero-order valence-corrected chi connectivity index (χ0v) is 16.2. The van der Waals surface area contributed by atoms with Gasteiger partial charge >= 0.3 is 0 Å². The minimum atomic E-state index is -3.25. The molecule has 0 aliphatic heterocycles. The predicted octanol–water partition coefficient (Wildman–Crippen LogP) is 4.38. The molecule has 140 valence electrons. The normalized spacial score (nSPS) is 13.3.